The fourth-order valence-corrected chi connectivity index (χ4v) is 2.15. The first kappa shape index (κ1) is 11.8. The molecular weight excluding hydrogens is 219 g/mol. The van der Waals surface area contributed by atoms with Gasteiger partial charge in [-0.25, -0.2) is 4.39 Å². The van der Waals surface area contributed by atoms with Crippen LogP contribution in [0.15, 0.2) is 23.8 Å². The van der Waals surface area contributed by atoms with Crippen molar-refractivity contribution in [1.29, 1.82) is 0 Å². The van der Waals surface area contributed by atoms with Crippen molar-refractivity contribution in [3.63, 3.8) is 0 Å². The highest BCUT2D eigenvalue weighted by molar-refractivity contribution is 5.78. The number of ether oxygens (including phenoxy) is 1. The predicted octanol–water partition coefficient (Wildman–Crippen LogP) is 2.96. The van der Waals surface area contributed by atoms with Crippen LogP contribution in [0, 0.1) is 11.7 Å². The number of aryl methyl sites for hydroxylation is 1. The first-order valence-electron chi connectivity index (χ1n) is 5.68. The van der Waals surface area contributed by atoms with Crippen molar-refractivity contribution >= 4 is 12.0 Å². The van der Waals surface area contributed by atoms with Gasteiger partial charge in [-0.1, -0.05) is 17.7 Å². The molecule has 0 bridgehead atoms. The van der Waals surface area contributed by atoms with Crippen molar-refractivity contribution < 1.29 is 13.9 Å². The zero-order valence-electron chi connectivity index (χ0n) is 10.00. The van der Waals surface area contributed by atoms with Crippen LogP contribution in [-0.2, 0) is 16.0 Å². The molecule has 1 atom stereocenters. The summed E-state index contributed by atoms with van der Waals surface area (Å²) in [6, 6.07) is 4.76. The van der Waals surface area contributed by atoms with Gasteiger partial charge in [0, 0.05) is 0 Å². The van der Waals surface area contributed by atoms with Crippen LogP contribution in [0.4, 0.5) is 4.39 Å². The van der Waals surface area contributed by atoms with Crippen LogP contribution in [0.5, 0.6) is 0 Å². The molecule has 90 valence electrons. The second-order valence-electron chi connectivity index (χ2n) is 4.31. The Bertz CT molecular complexity index is 477. The third-order valence-corrected chi connectivity index (χ3v) is 3.24. The van der Waals surface area contributed by atoms with Gasteiger partial charge in [-0.3, -0.25) is 4.79 Å². The van der Waals surface area contributed by atoms with Crippen molar-refractivity contribution in [2.75, 3.05) is 7.11 Å². The van der Waals surface area contributed by atoms with Crippen LogP contribution < -0.4 is 0 Å². The zero-order valence-corrected chi connectivity index (χ0v) is 10.00. The molecule has 0 aromatic heterocycles. The largest absolute Gasteiger partial charge is 0.469 e. The van der Waals surface area contributed by atoms with Gasteiger partial charge in [-0.2, -0.15) is 0 Å². The number of fused-ring (bicyclic) bond motifs is 1. The Kier molecular flexibility index (Phi) is 3.27. The van der Waals surface area contributed by atoms with E-state index in [1.165, 1.54) is 13.2 Å². The summed E-state index contributed by atoms with van der Waals surface area (Å²) in [5.41, 5.74) is 3.06. The Morgan fingerprint density at radius 2 is 2.18 bits per heavy atom. The molecule has 0 radical (unpaired) electrons. The first-order valence-corrected chi connectivity index (χ1v) is 5.68. The lowest BCUT2D eigenvalue weighted by atomic mass is 9.86. The topological polar surface area (TPSA) is 26.3 Å². The van der Waals surface area contributed by atoms with Gasteiger partial charge in [0.1, 0.15) is 5.82 Å². The van der Waals surface area contributed by atoms with E-state index in [1.54, 1.807) is 12.1 Å². The van der Waals surface area contributed by atoms with Crippen LogP contribution in [0.2, 0.25) is 0 Å². The summed E-state index contributed by atoms with van der Waals surface area (Å²) < 4.78 is 17.8. The Morgan fingerprint density at radius 1 is 1.41 bits per heavy atom. The molecule has 0 spiro atoms. The molecule has 1 aromatic carbocycles. The summed E-state index contributed by atoms with van der Waals surface area (Å²) in [6.07, 6.45) is 3.53. The standard InChI is InChI=1S/C14H15FO2/c1-9(14(16)17-2)10-3-4-12-8-13(15)6-5-11(12)7-10/h5-9H,3-4H2,1-2H3. The number of benzene rings is 1. The second-order valence-corrected chi connectivity index (χ2v) is 4.31. The lowest BCUT2D eigenvalue weighted by Crippen LogP contribution is -2.17. The number of methoxy groups -OCH3 is 1. The number of carbonyl (C=O) groups excluding carboxylic acids is 1. The molecule has 17 heavy (non-hydrogen) atoms. The molecule has 0 heterocycles. The Morgan fingerprint density at radius 3 is 2.88 bits per heavy atom. The lowest BCUT2D eigenvalue weighted by Gasteiger charge is -2.20. The highest BCUT2D eigenvalue weighted by Crippen LogP contribution is 2.29. The summed E-state index contributed by atoms with van der Waals surface area (Å²) in [5.74, 6) is -0.651. The van der Waals surface area contributed by atoms with Gasteiger partial charge in [-0.15, -0.1) is 0 Å². The van der Waals surface area contributed by atoms with Crippen molar-refractivity contribution in [3.8, 4) is 0 Å². The summed E-state index contributed by atoms with van der Waals surface area (Å²) >= 11 is 0. The smallest absolute Gasteiger partial charge is 0.312 e. The highest BCUT2D eigenvalue weighted by atomic mass is 19.1. The summed E-state index contributed by atoms with van der Waals surface area (Å²) in [5, 5.41) is 0. The fraction of sp³-hybridized carbons (Fsp3) is 0.357. The molecule has 0 aliphatic heterocycles. The molecule has 0 fully saturated rings. The molecule has 1 aromatic rings. The van der Waals surface area contributed by atoms with Crippen LogP contribution in [-0.4, -0.2) is 13.1 Å². The maximum atomic E-state index is 13.0. The first-order chi connectivity index (χ1) is 8.11. The normalized spacial score (nSPS) is 15.8. The summed E-state index contributed by atoms with van der Waals surface area (Å²) in [6.45, 7) is 1.84. The van der Waals surface area contributed by atoms with Crippen LogP contribution in [0.1, 0.15) is 24.5 Å². The maximum absolute atomic E-state index is 13.0. The number of halogens is 1. The second kappa shape index (κ2) is 4.70. The van der Waals surface area contributed by atoms with Crippen molar-refractivity contribution in [2.45, 2.75) is 19.8 Å². The van der Waals surface area contributed by atoms with Gasteiger partial charge in [-0.05, 0) is 43.0 Å². The van der Waals surface area contributed by atoms with Crippen molar-refractivity contribution in [2.24, 2.45) is 5.92 Å². The van der Waals surface area contributed by atoms with Gasteiger partial charge >= 0.3 is 5.97 Å². The van der Waals surface area contributed by atoms with Crippen LogP contribution in [0.3, 0.4) is 0 Å². The highest BCUT2D eigenvalue weighted by Gasteiger charge is 2.21. The molecule has 0 saturated carbocycles. The van der Waals surface area contributed by atoms with E-state index in [-0.39, 0.29) is 17.7 Å². The van der Waals surface area contributed by atoms with Crippen molar-refractivity contribution in [1.82, 2.24) is 0 Å². The minimum Gasteiger partial charge on any atom is -0.469 e. The molecule has 0 amide bonds. The monoisotopic (exact) mass is 234 g/mol. The predicted molar refractivity (Wildman–Crippen MR) is 63.9 cm³/mol. The Balaban J connectivity index is 2.29. The van der Waals surface area contributed by atoms with E-state index in [4.69, 9.17) is 4.74 Å². The average Bonchev–Trinajstić information content (AvgIpc) is 2.36. The third-order valence-electron chi connectivity index (χ3n) is 3.24. The van der Waals surface area contributed by atoms with E-state index in [0.29, 0.717) is 0 Å². The maximum Gasteiger partial charge on any atom is 0.312 e. The number of rotatable bonds is 2. The Labute approximate surface area is 100 Å². The van der Waals surface area contributed by atoms with Gasteiger partial charge in [0.2, 0.25) is 0 Å². The molecule has 1 aliphatic carbocycles. The van der Waals surface area contributed by atoms with Gasteiger partial charge < -0.3 is 4.74 Å². The SMILES string of the molecule is COC(=O)C(C)C1=Cc2ccc(F)cc2CC1. The van der Waals surface area contributed by atoms with E-state index in [9.17, 15) is 9.18 Å². The van der Waals surface area contributed by atoms with Crippen LogP contribution in [0.25, 0.3) is 6.08 Å². The molecule has 2 nitrogen and oxygen atoms in total. The van der Waals surface area contributed by atoms with Gasteiger partial charge in [0.05, 0.1) is 13.0 Å². The van der Waals surface area contributed by atoms with E-state index in [1.807, 2.05) is 13.0 Å². The number of esters is 1. The minimum absolute atomic E-state index is 0.207. The van der Waals surface area contributed by atoms with E-state index >= 15 is 0 Å². The minimum atomic E-state index is -0.224. The molecule has 3 heteroatoms. The molecule has 0 saturated heterocycles. The van der Waals surface area contributed by atoms with E-state index < -0.39 is 0 Å². The zero-order chi connectivity index (χ0) is 12.4. The number of hydrogen-bond acceptors (Lipinski definition) is 2. The molecular formula is C14H15FO2. The average molecular weight is 234 g/mol. The molecule has 1 unspecified atom stereocenters. The molecule has 1 aliphatic rings. The lowest BCUT2D eigenvalue weighted by molar-refractivity contribution is -0.143. The summed E-state index contributed by atoms with van der Waals surface area (Å²) in [7, 11) is 1.39. The van der Waals surface area contributed by atoms with Crippen molar-refractivity contribution in [3.05, 3.63) is 40.7 Å². The number of hydrogen-bond donors (Lipinski definition) is 0. The van der Waals surface area contributed by atoms with Crippen LogP contribution >= 0.6 is 0 Å². The Hall–Kier alpha value is -1.64. The fourth-order valence-electron chi connectivity index (χ4n) is 2.15. The molecule has 0 N–H and O–H groups in total. The quantitative estimate of drug-likeness (QED) is 0.735. The number of carbonyl (C=O) groups is 1. The molecule has 2 rings (SSSR count). The summed E-state index contributed by atoms with van der Waals surface area (Å²) in [4.78, 5) is 11.5. The van der Waals surface area contributed by atoms with E-state index in [2.05, 4.69) is 0 Å². The third kappa shape index (κ3) is 2.38. The van der Waals surface area contributed by atoms with E-state index in [0.717, 1.165) is 29.5 Å². The van der Waals surface area contributed by atoms with Gasteiger partial charge in [0.15, 0.2) is 0 Å². The van der Waals surface area contributed by atoms with Gasteiger partial charge in [0.25, 0.3) is 0 Å².